The summed E-state index contributed by atoms with van der Waals surface area (Å²) in [6, 6.07) is 7.10. The summed E-state index contributed by atoms with van der Waals surface area (Å²) in [4.78, 5) is 22.8. The van der Waals surface area contributed by atoms with Gasteiger partial charge in [-0.1, -0.05) is 31.5 Å². The monoisotopic (exact) mass is 205 g/mol. The van der Waals surface area contributed by atoms with Gasteiger partial charge in [-0.05, 0) is 19.1 Å². The molecule has 0 aromatic heterocycles. The van der Waals surface area contributed by atoms with E-state index in [1.807, 2.05) is 19.1 Å². The molecule has 0 aliphatic rings. The number of carbonyl (C=O) groups excluding carboxylic acids is 2. The molecule has 0 aliphatic carbocycles. The molecule has 15 heavy (non-hydrogen) atoms. The molecule has 0 bridgehead atoms. The summed E-state index contributed by atoms with van der Waals surface area (Å²) in [5.74, 6) is -0.770. The van der Waals surface area contributed by atoms with Crippen LogP contribution in [0.3, 0.4) is 0 Å². The zero-order valence-electron chi connectivity index (χ0n) is 9.20. The Labute approximate surface area is 89.5 Å². The van der Waals surface area contributed by atoms with E-state index in [9.17, 15) is 9.59 Å². The first kappa shape index (κ1) is 11.4. The molecular weight excluding hydrogens is 190 g/mol. The summed E-state index contributed by atoms with van der Waals surface area (Å²) < 4.78 is 0. The molecule has 1 rings (SSSR count). The van der Waals surface area contributed by atoms with Gasteiger partial charge in [0.1, 0.15) is 0 Å². The van der Waals surface area contributed by atoms with Crippen LogP contribution in [0.4, 0.5) is 0 Å². The number of carbonyl (C=O) groups is 2. The van der Waals surface area contributed by atoms with Crippen molar-refractivity contribution in [1.29, 1.82) is 0 Å². The maximum Gasteiger partial charge on any atom is 0.257 e. The molecule has 1 aromatic rings. The molecule has 0 fully saturated rings. The summed E-state index contributed by atoms with van der Waals surface area (Å²) in [5, 5.41) is 2.34. The van der Waals surface area contributed by atoms with E-state index in [2.05, 4.69) is 5.32 Å². The first-order valence-corrected chi connectivity index (χ1v) is 4.92. The highest BCUT2D eigenvalue weighted by molar-refractivity contribution is 6.05. The minimum absolute atomic E-state index is 0.181. The lowest BCUT2D eigenvalue weighted by atomic mass is 10.1. The van der Waals surface area contributed by atoms with Crippen molar-refractivity contribution in [3.05, 3.63) is 35.4 Å². The zero-order valence-corrected chi connectivity index (χ0v) is 9.20. The van der Waals surface area contributed by atoms with E-state index >= 15 is 0 Å². The van der Waals surface area contributed by atoms with Crippen LogP contribution < -0.4 is 5.32 Å². The van der Waals surface area contributed by atoms with Crippen LogP contribution >= 0.6 is 0 Å². The molecule has 0 unspecified atom stereocenters. The predicted molar refractivity (Wildman–Crippen MR) is 58.5 cm³/mol. The third kappa shape index (κ3) is 3.20. The largest absolute Gasteiger partial charge is 0.292 e. The Morgan fingerprint density at radius 1 is 1.13 bits per heavy atom. The molecule has 1 N–H and O–H groups in total. The van der Waals surface area contributed by atoms with Crippen LogP contribution in [-0.2, 0) is 4.79 Å². The topological polar surface area (TPSA) is 46.2 Å². The molecule has 0 saturated heterocycles. The van der Waals surface area contributed by atoms with Gasteiger partial charge in [-0.25, -0.2) is 0 Å². The van der Waals surface area contributed by atoms with Crippen LogP contribution in [0.15, 0.2) is 24.3 Å². The third-order valence-electron chi connectivity index (χ3n) is 2.07. The van der Waals surface area contributed by atoms with Crippen LogP contribution in [0, 0.1) is 12.8 Å². The van der Waals surface area contributed by atoms with E-state index in [0.29, 0.717) is 5.56 Å². The number of amides is 2. The number of imide groups is 1. The Morgan fingerprint density at radius 2 is 1.67 bits per heavy atom. The second kappa shape index (κ2) is 4.73. The molecule has 3 nitrogen and oxygen atoms in total. The van der Waals surface area contributed by atoms with Gasteiger partial charge in [0.25, 0.3) is 5.91 Å². The SMILES string of the molecule is Cc1ccc(C(=O)NC(=O)C(C)C)cc1. The minimum Gasteiger partial charge on any atom is -0.292 e. The first-order valence-electron chi connectivity index (χ1n) is 4.92. The Kier molecular flexibility index (Phi) is 3.61. The summed E-state index contributed by atoms with van der Waals surface area (Å²) >= 11 is 0. The minimum atomic E-state index is -0.339. The normalized spacial score (nSPS) is 10.1. The molecule has 80 valence electrons. The summed E-state index contributed by atoms with van der Waals surface area (Å²) in [7, 11) is 0. The number of rotatable bonds is 2. The lowest BCUT2D eigenvalue weighted by molar-refractivity contribution is -0.122. The highest BCUT2D eigenvalue weighted by atomic mass is 16.2. The number of hydrogen-bond donors (Lipinski definition) is 1. The number of aryl methyl sites for hydroxylation is 1. The van der Waals surface area contributed by atoms with Gasteiger partial charge >= 0.3 is 0 Å². The van der Waals surface area contributed by atoms with Gasteiger partial charge in [0.15, 0.2) is 0 Å². The van der Waals surface area contributed by atoms with Crippen molar-refractivity contribution in [2.45, 2.75) is 20.8 Å². The summed E-state index contributed by atoms with van der Waals surface area (Å²) in [6.07, 6.45) is 0. The van der Waals surface area contributed by atoms with E-state index in [0.717, 1.165) is 5.56 Å². The quantitative estimate of drug-likeness (QED) is 0.801. The van der Waals surface area contributed by atoms with E-state index in [1.165, 1.54) is 0 Å². The summed E-state index contributed by atoms with van der Waals surface area (Å²) in [5.41, 5.74) is 1.59. The summed E-state index contributed by atoms with van der Waals surface area (Å²) in [6.45, 7) is 5.44. The average molecular weight is 205 g/mol. The highest BCUT2D eigenvalue weighted by Crippen LogP contribution is 2.03. The second-order valence-electron chi connectivity index (χ2n) is 3.84. The number of nitrogens with one attached hydrogen (secondary N) is 1. The zero-order chi connectivity index (χ0) is 11.4. The van der Waals surface area contributed by atoms with E-state index < -0.39 is 0 Å². The molecule has 0 atom stereocenters. The Morgan fingerprint density at radius 3 is 2.13 bits per heavy atom. The maximum atomic E-state index is 11.5. The molecule has 0 aliphatic heterocycles. The number of benzene rings is 1. The maximum absolute atomic E-state index is 11.5. The Balaban J connectivity index is 2.69. The van der Waals surface area contributed by atoms with Gasteiger partial charge in [0.2, 0.25) is 5.91 Å². The van der Waals surface area contributed by atoms with Crippen LogP contribution in [0.25, 0.3) is 0 Å². The average Bonchev–Trinajstić information content (AvgIpc) is 2.18. The van der Waals surface area contributed by atoms with Crippen molar-refractivity contribution in [3.63, 3.8) is 0 Å². The molecule has 3 heteroatoms. The van der Waals surface area contributed by atoms with Gasteiger partial charge < -0.3 is 0 Å². The Hall–Kier alpha value is -1.64. The smallest absolute Gasteiger partial charge is 0.257 e. The van der Waals surface area contributed by atoms with Gasteiger partial charge in [0, 0.05) is 11.5 Å². The van der Waals surface area contributed by atoms with E-state index in [-0.39, 0.29) is 17.7 Å². The first-order chi connectivity index (χ1) is 7.00. The van der Waals surface area contributed by atoms with Crippen molar-refractivity contribution in [2.75, 3.05) is 0 Å². The van der Waals surface area contributed by atoms with E-state index in [1.54, 1.807) is 26.0 Å². The second-order valence-corrected chi connectivity index (χ2v) is 3.84. The lowest BCUT2D eigenvalue weighted by Gasteiger charge is -2.06. The van der Waals surface area contributed by atoms with Gasteiger partial charge in [-0.2, -0.15) is 0 Å². The van der Waals surface area contributed by atoms with Crippen molar-refractivity contribution >= 4 is 11.8 Å². The molecule has 0 radical (unpaired) electrons. The van der Waals surface area contributed by atoms with Crippen molar-refractivity contribution in [3.8, 4) is 0 Å². The van der Waals surface area contributed by atoms with Gasteiger partial charge in [-0.3, -0.25) is 14.9 Å². The highest BCUT2D eigenvalue weighted by Gasteiger charge is 2.12. The molecule has 0 saturated carbocycles. The molecule has 1 aromatic carbocycles. The van der Waals surface area contributed by atoms with E-state index in [4.69, 9.17) is 0 Å². The van der Waals surface area contributed by atoms with Crippen molar-refractivity contribution in [2.24, 2.45) is 5.92 Å². The number of hydrogen-bond acceptors (Lipinski definition) is 2. The van der Waals surface area contributed by atoms with Crippen LogP contribution in [0.2, 0.25) is 0 Å². The van der Waals surface area contributed by atoms with Gasteiger partial charge in [0.05, 0.1) is 0 Å². The van der Waals surface area contributed by atoms with Crippen LogP contribution in [-0.4, -0.2) is 11.8 Å². The lowest BCUT2D eigenvalue weighted by Crippen LogP contribution is -2.33. The standard InChI is InChI=1S/C12H15NO2/c1-8(2)11(14)13-12(15)10-6-4-9(3)5-7-10/h4-8H,1-3H3,(H,13,14,15). The third-order valence-corrected chi connectivity index (χ3v) is 2.07. The van der Waals surface area contributed by atoms with Crippen LogP contribution in [0.1, 0.15) is 29.8 Å². The van der Waals surface area contributed by atoms with Crippen molar-refractivity contribution < 1.29 is 9.59 Å². The molecule has 2 amide bonds. The van der Waals surface area contributed by atoms with Crippen molar-refractivity contribution in [1.82, 2.24) is 5.32 Å². The molecule has 0 heterocycles. The fraction of sp³-hybridized carbons (Fsp3) is 0.333. The van der Waals surface area contributed by atoms with Gasteiger partial charge in [-0.15, -0.1) is 0 Å². The fourth-order valence-corrected chi connectivity index (χ4v) is 1.03. The molecule has 0 spiro atoms. The Bertz CT molecular complexity index is 366. The molecular formula is C12H15NO2. The predicted octanol–water partition coefficient (Wildman–Crippen LogP) is 1.91. The van der Waals surface area contributed by atoms with Crippen LogP contribution in [0.5, 0.6) is 0 Å². The fourth-order valence-electron chi connectivity index (χ4n) is 1.03.